The molecule has 2 aromatic rings. The second-order valence-corrected chi connectivity index (χ2v) is 6.05. The summed E-state index contributed by atoms with van der Waals surface area (Å²) in [7, 11) is 0. The van der Waals surface area contributed by atoms with Gasteiger partial charge in [0.05, 0.1) is 5.25 Å². The molecule has 1 aromatic heterocycles. The summed E-state index contributed by atoms with van der Waals surface area (Å²) in [6.07, 6.45) is 0. The third kappa shape index (κ3) is 3.79. The minimum atomic E-state index is -0.409. The number of thioether (sulfide) groups is 1. The molecule has 7 heteroatoms. The van der Waals surface area contributed by atoms with Crippen molar-refractivity contribution in [2.24, 2.45) is 5.73 Å². The zero-order valence-electron chi connectivity index (χ0n) is 12.9. The van der Waals surface area contributed by atoms with Crippen LogP contribution < -0.4 is 10.6 Å². The van der Waals surface area contributed by atoms with Crippen LogP contribution in [0.1, 0.15) is 20.8 Å². The zero-order chi connectivity index (χ0) is 16.1. The van der Waals surface area contributed by atoms with Crippen LogP contribution in [0.25, 0.3) is 11.5 Å². The SMILES string of the molecule is CCN(CC)c1ccc(-c2nnc(SC(C)C(N)=O)o2)cc1. The summed E-state index contributed by atoms with van der Waals surface area (Å²) < 4.78 is 5.56. The van der Waals surface area contributed by atoms with Crippen LogP contribution in [0.5, 0.6) is 0 Å². The number of primary amides is 1. The van der Waals surface area contributed by atoms with Crippen molar-refractivity contribution in [1.29, 1.82) is 0 Å². The molecule has 0 aliphatic rings. The van der Waals surface area contributed by atoms with Crippen molar-refractivity contribution < 1.29 is 9.21 Å². The highest BCUT2D eigenvalue weighted by Crippen LogP contribution is 2.27. The third-order valence-electron chi connectivity index (χ3n) is 3.33. The van der Waals surface area contributed by atoms with Crippen molar-refractivity contribution >= 4 is 23.4 Å². The van der Waals surface area contributed by atoms with E-state index in [0.717, 1.165) is 36.1 Å². The molecule has 1 atom stereocenters. The van der Waals surface area contributed by atoms with Crippen molar-refractivity contribution in [3.05, 3.63) is 24.3 Å². The second kappa shape index (κ2) is 7.31. The van der Waals surface area contributed by atoms with E-state index in [1.165, 1.54) is 0 Å². The van der Waals surface area contributed by atoms with Crippen LogP contribution in [-0.2, 0) is 4.79 Å². The Morgan fingerprint density at radius 3 is 2.45 bits per heavy atom. The summed E-state index contributed by atoms with van der Waals surface area (Å²) >= 11 is 1.16. The Morgan fingerprint density at radius 2 is 1.91 bits per heavy atom. The molecule has 0 spiro atoms. The number of benzene rings is 1. The maximum Gasteiger partial charge on any atom is 0.277 e. The molecule has 22 heavy (non-hydrogen) atoms. The fraction of sp³-hybridized carbons (Fsp3) is 0.400. The summed E-state index contributed by atoms with van der Waals surface area (Å²) in [5.41, 5.74) is 7.23. The lowest BCUT2D eigenvalue weighted by Crippen LogP contribution is -2.22. The fourth-order valence-electron chi connectivity index (χ4n) is 1.99. The molecule has 2 N–H and O–H groups in total. The molecule has 0 bridgehead atoms. The smallest absolute Gasteiger partial charge is 0.277 e. The summed E-state index contributed by atoms with van der Waals surface area (Å²) in [5, 5.41) is 7.88. The monoisotopic (exact) mass is 320 g/mol. The number of nitrogens with two attached hydrogens (primary N) is 1. The molecular formula is C15H20N4O2S. The highest BCUT2D eigenvalue weighted by Gasteiger charge is 2.16. The standard InChI is InChI=1S/C15H20N4O2S/c1-4-19(5-2)12-8-6-11(7-9-12)14-17-18-15(21-14)22-10(3)13(16)20/h6-10H,4-5H2,1-3H3,(H2,16,20). The number of anilines is 1. The lowest BCUT2D eigenvalue weighted by Gasteiger charge is -2.20. The Bertz CT molecular complexity index is 623. The van der Waals surface area contributed by atoms with Gasteiger partial charge in [-0.3, -0.25) is 4.79 Å². The number of hydrogen-bond acceptors (Lipinski definition) is 6. The summed E-state index contributed by atoms with van der Waals surface area (Å²) in [5.74, 6) is 0.0265. The van der Waals surface area contributed by atoms with Crippen molar-refractivity contribution in [3.8, 4) is 11.5 Å². The van der Waals surface area contributed by atoms with Gasteiger partial charge in [0.1, 0.15) is 0 Å². The van der Waals surface area contributed by atoms with Crippen molar-refractivity contribution in [1.82, 2.24) is 10.2 Å². The first-order valence-electron chi connectivity index (χ1n) is 7.20. The van der Waals surface area contributed by atoms with Crippen LogP contribution in [0.15, 0.2) is 33.9 Å². The average molecular weight is 320 g/mol. The molecule has 1 amide bonds. The largest absolute Gasteiger partial charge is 0.411 e. The van der Waals surface area contributed by atoms with Crippen LogP contribution in [0.2, 0.25) is 0 Å². The molecule has 0 radical (unpaired) electrons. The van der Waals surface area contributed by atoms with Gasteiger partial charge in [0.25, 0.3) is 5.22 Å². The van der Waals surface area contributed by atoms with E-state index in [2.05, 4.69) is 28.9 Å². The highest BCUT2D eigenvalue weighted by molar-refractivity contribution is 8.00. The first kappa shape index (κ1) is 16.4. The van der Waals surface area contributed by atoms with E-state index in [1.807, 2.05) is 24.3 Å². The number of carbonyl (C=O) groups excluding carboxylic acids is 1. The van der Waals surface area contributed by atoms with E-state index < -0.39 is 11.2 Å². The van der Waals surface area contributed by atoms with E-state index in [-0.39, 0.29) is 0 Å². The molecule has 0 saturated heterocycles. The third-order valence-corrected chi connectivity index (χ3v) is 4.28. The minimum Gasteiger partial charge on any atom is -0.411 e. The molecule has 6 nitrogen and oxygen atoms in total. The predicted octanol–water partition coefficient (Wildman–Crippen LogP) is 2.55. The van der Waals surface area contributed by atoms with Crippen LogP contribution in [-0.4, -0.2) is 34.4 Å². The van der Waals surface area contributed by atoms with Crippen molar-refractivity contribution in [2.75, 3.05) is 18.0 Å². The number of hydrogen-bond donors (Lipinski definition) is 1. The number of nitrogens with zero attached hydrogens (tertiary/aromatic N) is 3. The van der Waals surface area contributed by atoms with E-state index in [1.54, 1.807) is 6.92 Å². The van der Waals surface area contributed by atoms with Crippen LogP contribution in [0.3, 0.4) is 0 Å². The molecule has 2 rings (SSSR count). The Balaban J connectivity index is 2.12. The Morgan fingerprint density at radius 1 is 1.27 bits per heavy atom. The Hall–Kier alpha value is -2.02. The molecule has 0 aliphatic carbocycles. The van der Waals surface area contributed by atoms with Crippen molar-refractivity contribution in [2.45, 2.75) is 31.2 Å². The molecule has 0 fully saturated rings. The van der Waals surface area contributed by atoms with Crippen LogP contribution >= 0.6 is 11.8 Å². The van der Waals surface area contributed by atoms with Gasteiger partial charge >= 0.3 is 0 Å². The lowest BCUT2D eigenvalue weighted by atomic mass is 10.2. The number of amides is 1. The normalized spacial score (nSPS) is 12.1. The first-order valence-corrected chi connectivity index (χ1v) is 8.08. The molecule has 0 saturated carbocycles. The van der Waals surface area contributed by atoms with Gasteiger partial charge in [-0.2, -0.15) is 0 Å². The average Bonchev–Trinajstić information content (AvgIpc) is 2.97. The van der Waals surface area contributed by atoms with Gasteiger partial charge in [-0.25, -0.2) is 0 Å². The van der Waals surface area contributed by atoms with E-state index >= 15 is 0 Å². The van der Waals surface area contributed by atoms with E-state index in [9.17, 15) is 4.79 Å². The van der Waals surface area contributed by atoms with Gasteiger partial charge in [0.15, 0.2) is 0 Å². The molecule has 1 aromatic carbocycles. The van der Waals surface area contributed by atoms with E-state index in [4.69, 9.17) is 10.2 Å². The van der Waals surface area contributed by atoms with Gasteiger partial charge in [-0.15, -0.1) is 10.2 Å². The number of rotatable bonds is 7. The number of carbonyl (C=O) groups is 1. The molecular weight excluding hydrogens is 300 g/mol. The fourth-order valence-corrected chi connectivity index (χ4v) is 2.62. The van der Waals surface area contributed by atoms with Gasteiger partial charge < -0.3 is 15.1 Å². The van der Waals surface area contributed by atoms with Gasteiger partial charge in [-0.1, -0.05) is 11.8 Å². The lowest BCUT2D eigenvalue weighted by molar-refractivity contribution is -0.117. The zero-order valence-corrected chi connectivity index (χ0v) is 13.8. The quantitative estimate of drug-likeness (QED) is 0.789. The maximum absolute atomic E-state index is 11.0. The summed E-state index contributed by atoms with van der Waals surface area (Å²) in [4.78, 5) is 13.3. The second-order valence-electron chi connectivity index (χ2n) is 4.75. The predicted molar refractivity (Wildman–Crippen MR) is 87.8 cm³/mol. The summed E-state index contributed by atoms with van der Waals surface area (Å²) in [6.45, 7) is 7.87. The topological polar surface area (TPSA) is 85.3 Å². The first-order chi connectivity index (χ1) is 10.5. The van der Waals surface area contributed by atoms with Crippen LogP contribution in [0.4, 0.5) is 5.69 Å². The maximum atomic E-state index is 11.0. The molecule has 0 aliphatic heterocycles. The van der Waals surface area contributed by atoms with Crippen LogP contribution in [0, 0.1) is 0 Å². The Kier molecular flexibility index (Phi) is 5.43. The molecule has 118 valence electrons. The Labute approximate surface area is 134 Å². The molecule has 1 heterocycles. The van der Waals surface area contributed by atoms with Gasteiger partial charge in [0.2, 0.25) is 11.8 Å². The summed E-state index contributed by atoms with van der Waals surface area (Å²) in [6, 6.07) is 7.97. The molecule has 1 unspecified atom stereocenters. The van der Waals surface area contributed by atoms with E-state index in [0.29, 0.717) is 11.1 Å². The van der Waals surface area contributed by atoms with Gasteiger partial charge in [0, 0.05) is 24.3 Å². The van der Waals surface area contributed by atoms with Crippen molar-refractivity contribution in [3.63, 3.8) is 0 Å². The van der Waals surface area contributed by atoms with Gasteiger partial charge in [-0.05, 0) is 45.0 Å². The number of aromatic nitrogens is 2. The highest BCUT2D eigenvalue weighted by atomic mass is 32.2. The minimum absolute atomic E-state index is 0.342.